The van der Waals surface area contributed by atoms with E-state index in [1.165, 1.54) is 16.7 Å². The lowest BCUT2D eigenvalue weighted by molar-refractivity contribution is 0.878. The fourth-order valence-corrected chi connectivity index (χ4v) is 2.27. The third kappa shape index (κ3) is 2.44. The van der Waals surface area contributed by atoms with Crippen molar-refractivity contribution in [2.45, 2.75) is 12.8 Å². The first-order valence-electron chi connectivity index (χ1n) is 6.58. The van der Waals surface area contributed by atoms with Crippen molar-refractivity contribution in [1.82, 2.24) is 0 Å². The lowest BCUT2D eigenvalue weighted by Gasteiger charge is -2.10. The molecule has 0 aromatic heterocycles. The predicted molar refractivity (Wildman–Crippen MR) is 77.2 cm³/mol. The summed E-state index contributed by atoms with van der Waals surface area (Å²) in [4.78, 5) is 0. The summed E-state index contributed by atoms with van der Waals surface area (Å²) in [6.07, 6.45) is 4.11. The summed E-state index contributed by atoms with van der Waals surface area (Å²) >= 11 is 0. The Morgan fingerprint density at radius 2 is 1.37 bits per heavy atom. The van der Waals surface area contributed by atoms with E-state index in [0.29, 0.717) is 0 Å². The molecule has 0 aliphatic heterocycles. The van der Waals surface area contributed by atoms with Gasteiger partial charge >= 0.3 is 0 Å². The van der Waals surface area contributed by atoms with Crippen molar-refractivity contribution < 1.29 is 0 Å². The Hall–Kier alpha value is -2.33. The van der Waals surface area contributed by atoms with Crippen LogP contribution in [0, 0.1) is 16.7 Å². The monoisotopic (exact) mass is 245 g/mol. The van der Waals surface area contributed by atoms with Gasteiger partial charge < -0.3 is 0 Å². The number of hydrogen-bond acceptors (Lipinski definition) is 1. The van der Waals surface area contributed by atoms with E-state index in [0.717, 1.165) is 12.8 Å². The molecule has 0 saturated heterocycles. The van der Waals surface area contributed by atoms with Gasteiger partial charge in [-0.3, -0.25) is 0 Å². The molecule has 0 bridgehead atoms. The van der Waals surface area contributed by atoms with E-state index in [1.54, 1.807) is 0 Å². The van der Waals surface area contributed by atoms with Crippen LogP contribution in [-0.4, -0.2) is 0 Å². The van der Waals surface area contributed by atoms with Crippen LogP contribution in [0.2, 0.25) is 0 Å². The smallest absolute Gasteiger partial charge is 0.0764 e. The molecule has 0 unspecified atom stereocenters. The van der Waals surface area contributed by atoms with Crippen molar-refractivity contribution in [2.75, 3.05) is 0 Å². The van der Waals surface area contributed by atoms with Gasteiger partial charge in [0.15, 0.2) is 0 Å². The van der Waals surface area contributed by atoms with Crippen molar-refractivity contribution >= 4 is 5.57 Å². The second-order valence-corrected chi connectivity index (χ2v) is 5.06. The van der Waals surface area contributed by atoms with Gasteiger partial charge in [-0.25, -0.2) is 0 Å². The van der Waals surface area contributed by atoms with Crippen LogP contribution in [0.1, 0.15) is 24.0 Å². The fourth-order valence-electron chi connectivity index (χ4n) is 2.27. The molecule has 1 nitrogen and oxygen atoms in total. The van der Waals surface area contributed by atoms with Crippen LogP contribution >= 0.6 is 0 Å². The van der Waals surface area contributed by atoms with E-state index in [4.69, 9.17) is 0 Å². The van der Waals surface area contributed by atoms with Gasteiger partial charge in [0.05, 0.1) is 11.5 Å². The number of allylic oxidation sites excluding steroid dienone is 1. The van der Waals surface area contributed by atoms with Crippen LogP contribution < -0.4 is 0 Å². The molecule has 1 heteroatoms. The molecule has 0 heterocycles. The molecule has 2 aromatic rings. The molecule has 1 aliphatic rings. The van der Waals surface area contributed by atoms with Gasteiger partial charge in [-0.05, 0) is 29.5 Å². The summed E-state index contributed by atoms with van der Waals surface area (Å²) < 4.78 is 0. The Labute approximate surface area is 113 Å². The lowest BCUT2D eigenvalue weighted by Crippen LogP contribution is -1.95. The summed E-state index contributed by atoms with van der Waals surface area (Å²) in [7, 11) is 0. The van der Waals surface area contributed by atoms with E-state index in [9.17, 15) is 5.26 Å². The van der Waals surface area contributed by atoms with E-state index in [2.05, 4.69) is 36.4 Å². The first-order valence-corrected chi connectivity index (χ1v) is 6.58. The first-order chi connectivity index (χ1) is 9.33. The van der Waals surface area contributed by atoms with Crippen LogP contribution in [0.5, 0.6) is 0 Å². The molecule has 0 amide bonds. The number of benzene rings is 2. The number of nitrogens with zero attached hydrogens (tertiary/aromatic N) is 1. The van der Waals surface area contributed by atoms with Crippen molar-refractivity contribution in [2.24, 2.45) is 5.41 Å². The molecule has 0 radical (unpaired) electrons. The minimum Gasteiger partial charge on any atom is -0.197 e. The van der Waals surface area contributed by atoms with Crippen molar-refractivity contribution in [1.29, 1.82) is 5.26 Å². The Morgan fingerprint density at radius 1 is 0.895 bits per heavy atom. The highest BCUT2D eigenvalue weighted by molar-refractivity contribution is 5.80. The zero-order chi connectivity index (χ0) is 13.1. The van der Waals surface area contributed by atoms with Crippen molar-refractivity contribution in [3.05, 3.63) is 77.9 Å². The predicted octanol–water partition coefficient (Wildman–Crippen LogP) is 4.42. The molecule has 2 aromatic carbocycles. The molecule has 92 valence electrons. The van der Waals surface area contributed by atoms with Gasteiger partial charge in [-0.2, -0.15) is 5.26 Å². The van der Waals surface area contributed by atoms with Crippen LogP contribution in [0.25, 0.3) is 5.57 Å². The molecule has 1 saturated carbocycles. The minimum absolute atomic E-state index is 0.235. The Balaban J connectivity index is 2.10. The Bertz CT molecular complexity index is 587. The topological polar surface area (TPSA) is 23.8 Å². The zero-order valence-corrected chi connectivity index (χ0v) is 10.7. The van der Waals surface area contributed by atoms with Gasteiger partial charge in [-0.15, -0.1) is 0 Å². The Kier molecular flexibility index (Phi) is 2.93. The molecular formula is C18H15N. The molecule has 0 spiro atoms. The zero-order valence-electron chi connectivity index (χ0n) is 10.7. The van der Waals surface area contributed by atoms with Crippen LogP contribution in [0.3, 0.4) is 0 Å². The summed E-state index contributed by atoms with van der Waals surface area (Å²) in [6.45, 7) is 0. The highest BCUT2D eigenvalue weighted by atomic mass is 14.5. The van der Waals surface area contributed by atoms with Gasteiger partial charge in [-0.1, -0.05) is 66.7 Å². The van der Waals surface area contributed by atoms with Crippen molar-refractivity contribution in [3.63, 3.8) is 0 Å². The third-order valence-electron chi connectivity index (χ3n) is 3.60. The highest BCUT2D eigenvalue weighted by Crippen LogP contribution is 2.48. The minimum atomic E-state index is -0.235. The van der Waals surface area contributed by atoms with E-state index in [-0.39, 0.29) is 5.41 Å². The summed E-state index contributed by atoms with van der Waals surface area (Å²) in [6, 6.07) is 23.1. The lowest BCUT2D eigenvalue weighted by atomic mass is 9.93. The fraction of sp³-hybridized carbons (Fsp3) is 0.167. The van der Waals surface area contributed by atoms with E-state index in [1.807, 2.05) is 36.4 Å². The summed E-state index contributed by atoms with van der Waals surface area (Å²) in [5, 5.41) is 9.30. The summed E-state index contributed by atoms with van der Waals surface area (Å²) in [5.74, 6) is 0. The standard InChI is InChI=1S/C18H15N/c19-14-18(11-12-18)13-17(15-7-3-1-4-8-15)16-9-5-2-6-10-16/h1-10,13H,11-12H2. The normalized spacial score (nSPS) is 15.3. The average molecular weight is 245 g/mol. The maximum absolute atomic E-state index is 9.30. The quantitative estimate of drug-likeness (QED) is 0.785. The second kappa shape index (κ2) is 4.74. The summed E-state index contributed by atoms with van der Waals surface area (Å²) in [5.41, 5.74) is 3.28. The van der Waals surface area contributed by atoms with Gasteiger partial charge in [0.1, 0.15) is 0 Å². The largest absolute Gasteiger partial charge is 0.197 e. The molecule has 19 heavy (non-hydrogen) atoms. The van der Waals surface area contributed by atoms with Gasteiger partial charge in [0, 0.05) is 0 Å². The molecule has 0 atom stereocenters. The van der Waals surface area contributed by atoms with E-state index >= 15 is 0 Å². The second-order valence-electron chi connectivity index (χ2n) is 5.06. The molecule has 1 aliphatic carbocycles. The number of hydrogen-bond donors (Lipinski definition) is 0. The van der Waals surface area contributed by atoms with Crippen LogP contribution in [-0.2, 0) is 0 Å². The van der Waals surface area contributed by atoms with Crippen LogP contribution in [0.15, 0.2) is 66.7 Å². The SMILES string of the molecule is N#CC1(C=C(c2ccccc2)c2ccccc2)CC1. The average Bonchev–Trinajstić information content (AvgIpc) is 3.27. The number of nitriles is 1. The van der Waals surface area contributed by atoms with E-state index < -0.39 is 0 Å². The first kappa shape index (κ1) is 11.7. The molecule has 3 rings (SSSR count). The Morgan fingerprint density at radius 3 is 1.74 bits per heavy atom. The van der Waals surface area contributed by atoms with Crippen molar-refractivity contribution in [3.8, 4) is 6.07 Å². The molecular weight excluding hydrogens is 230 g/mol. The maximum Gasteiger partial charge on any atom is 0.0764 e. The maximum atomic E-state index is 9.30. The van der Waals surface area contributed by atoms with Gasteiger partial charge in [0.25, 0.3) is 0 Å². The van der Waals surface area contributed by atoms with Crippen LogP contribution in [0.4, 0.5) is 0 Å². The van der Waals surface area contributed by atoms with Gasteiger partial charge in [0.2, 0.25) is 0 Å². The molecule has 0 N–H and O–H groups in total. The molecule has 1 fully saturated rings. The number of rotatable bonds is 3. The highest BCUT2D eigenvalue weighted by Gasteiger charge is 2.41. The third-order valence-corrected chi connectivity index (χ3v) is 3.60.